The van der Waals surface area contributed by atoms with Gasteiger partial charge in [0.25, 0.3) is 0 Å². The lowest BCUT2D eigenvalue weighted by atomic mass is 10.0. The van der Waals surface area contributed by atoms with Crippen LogP contribution < -0.4 is 20.9 Å². The van der Waals surface area contributed by atoms with E-state index >= 15 is 0 Å². The van der Waals surface area contributed by atoms with Gasteiger partial charge < -0.3 is 20.9 Å². The molecule has 26 heteroatoms. The van der Waals surface area contributed by atoms with Crippen LogP contribution in [-0.4, -0.2) is 61.3 Å². The van der Waals surface area contributed by atoms with Crippen molar-refractivity contribution in [3.05, 3.63) is 36.4 Å². The number of rotatable bonds is 13. The molecule has 0 bridgehead atoms. The Morgan fingerprint density at radius 3 is 0.979 bits per heavy atom. The van der Waals surface area contributed by atoms with Crippen LogP contribution in [0.5, 0.6) is 11.5 Å². The van der Waals surface area contributed by atoms with E-state index in [1.807, 2.05) is 0 Å². The molecule has 2 unspecified atom stereocenters. The molecular weight excluding hydrogens is 736 g/mol. The van der Waals surface area contributed by atoms with Gasteiger partial charge in [0.1, 0.15) is 11.5 Å². The number of nitrogens with two attached hydrogens (primary N) is 2. The number of halogens is 20. The summed E-state index contributed by atoms with van der Waals surface area (Å²) < 4.78 is 276. The Hall–Kier alpha value is -3.84. The van der Waals surface area contributed by atoms with E-state index in [1.165, 1.54) is 0 Å². The smallest absolute Gasteiger partial charge is 0.428 e. The molecule has 0 amide bonds. The standard InChI is InChI=1S/C22H12F20N2O4/c23-13(47-21(39,40)17(29,30)19(33,34)35)15(25,26)45-11-5-7(43)1-3-9(11)10-4-2-8(44)6-12(10)46-16(27,28)14(24)48-22(41,42)18(31,32)20(36,37)38/h1-6,13-14H,43-44H2. The Bertz CT molecular complexity index is 1340. The summed E-state index contributed by atoms with van der Waals surface area (Å²) in [6.45, 7) is 0. The van der Waals surface area contributed by atoms with Crippen LogP contribution in [0.25, 0.3) is 11.1 Å². The van der Waals surface area contributed by atoms with Gasteiger partial charge in [0, 0.05) is 34.6 Å². The summed E-state index contributed by atoms with van der Waals surface area (Å²) in [5, 5.41) is 0. The predicted octanol–water partition coefficient (Wildman–Crippen LogP) is 8.67. The Kier molecular flexibility index (Phi) is 10.6. The SMILES string of the molecule is Nc1ccc(-c2ccc(N)cc2OC(F)(F)C(F)OC(F)(F)C(F)(F)C(F)(F)F)c(OC(F)(F)C(F)OC(F)(F)C(F)(F)C(F)(F)F)c1. The minimum absolute atomic E-state index is 0.164. The van der Waals surface area contributed by atoms with E-state index in [9.17, 15) is 87.8 Å². The molecule has 274 valence electrons. The largest absolute Gasteiger partial charge is 0.462 e. The van der Waals surface area contributed by atoms with Gasteiger partial charge in [-0.2, -0.15) is 79.0 Å². The zero-order chi connectivity index (χ0) is 37.7. The van der Waals surface area contributed by atoms with Gasteiger partial charge in [-0.05, 0) is 24.3 Å². The Morgan fingerprint density at radius 1 is 0.458 bits per heavy atom. The summed E-state index contributed by atoms with van der Waals surface area (Å²) in [6, 6.07) is 2.50. The number of anilines is 2. The van der Waals surface area contributed by atoms with Crippen LogP contribution in [0.3, 0.4) is 0 Å². The molecule has 0 heterocycles. The molecule has 2 atom stereocenters. The van der Waals surface area contributed by atoms with Gasteiger partial charge in [0.15, 0.2) is 0 Å². The van der Waals surface area contributed by atoms with E-state index in [0.717, 1.165) is 0 Å². The molecule has 2 rings (SSSR count). The second-order valence-corrected chi connectivity index (χ2v) is 8.88. The third kappa shape index (κ3) is 8.06. The van der Waals surface area contributed by atoms with E-state index in [2.05, 4.69) is 18.9 Å². The zero-order valence-corrected chi connectivity index (χ0v) is 22.0. The Labute approximate surface area is 251 Å². The molecule has 4 N–H and O–H groups in total. The van der Waals surface area contributed by atoms with E-state index < -0.39 is 95.3 Å². The van der Waals surface area contributed by atoms with E-state index in [-0.39, 0.29) is 12.1 Å². The molecule has 0 saturated carbocycles. The average molecular weight is 748 g/mol. The molecule has 48 heavy (non-hydrogen) atoms. The first kappa shape index (κ1) is 40.3. The number of hydrogen-bond acceptors (Lipinski definition) is 6. The first-order valence-electron chi connectivity index (χ1n) is 11.4. The average Bonchev–Trinajstić information content (AvgIpc) is 2.87. The van der Waals surface area contributed by atoms with Gasteiger partial charge in [-0.3, -0.25) is 9.47 Å². The van der Waals surface area contributed by atoms with Crippen molar-refractivity contribution in [2.75, 3.05) is 11.5 Å². The first-order chi connectivity index (χ1) is 21.2. The highest BCUT2D eigenvalue weighted by molar-refractivity contribution is 5.79. The van der Waals surface area contributed by atoms with Crippen LogP contribution >= 0.6 is 0 Å². The van der Waals surface area contributed by atoms with Crippen molar-refractivity contribution in [1.29, 1.82) is 0 Å². The summed E-state index contributed by atoms with van der Waals surface area (Å²) in [6.07, 6.45) is -50.8. The van der Waals surface area contributed by atoms with E-state index in [0.29, 0.717) is 24.3 Å². The second-order valence-electron chi connectivity index (χ2n) is 8.88. The fourth-order valence-corrected chi connectivity index (χ4v) is 2.95. The fourth-order valence-electron chi connectivity index (χ4n) is 2.95. The highest BCUT2D eigenvalue weighted by Gasteiger charge is 2.77. The van der Waals surface area contributed by atoms with Crippen molar-refractivity contribution < 1.29 is 107 Å². The molecule has 0 aliphatic heterocycles. The number of ether oxygens (including phenoxy) is 4. The molecule has 0 aromatic heterocycles. The molecule has 2 aromatic rings. The van der Waals surface area contributed by atoms with Crippen LogP contribution in [0.2, 0.25) is 0 Å². The molecule has 0 fully saturated rings. The topological polar surface area (TPSA) is 89.0 Å². The van der Waals surface area contributed by atoms with E-state index in [1.54, 1.807) is 0 Å². The van der Waals surface area contributed by atoms with Crippen LogP contribution in [0.1, 0.15) is 0 Å². The van der Waals surface area contributed by atoms with Crippen molar-refractivity contribution >= 4 is 11.4 Å². The minimum atomic E-state index is -7.27. The maximum atomic E-state index is 14.4. The summed E-state index contributed by atoms with van der Waals surface area (Å²) in [5.41, 5.74) is 6.78. The van der Waals surface area contributed by atoms with E-state index in [4.69, 9.17) is 11.5 Å². The highest BCUT2D eigenvalue weighted by atomic mass is 19.4. The lowest BCUT2D eigenvalue weighted by Gasteiger charge is -2.31. The predicted molar refractivity (Wildman–Crippen MR) is 116 cm³/mol. The van der Waals surface area contributed by atoms with Crippen LogP contribution in [0.15, 0.2) is 36.4 Å². The molecule has 0 saturated heterocycles. The van der Waals surface area contributed by atoms with Crippen LogP contribution in [-0.2, 0) is 9.47 Å². The summed E-state index contributed by atoms with van der Waals surface area (Å²) in [7, 11) is 0. The lowest BCUT2D eigenvalue weighted by Crippen LogP contribution is -2.56. The van der Waals surface area contributed by atoms with Gasteiger partial charge in [0.2, 0.25) is 0 Å². The fraction of sp³-hybridized carbons (Fsp3) is 0.455. The monoisotopic (exact) mass is 748 g/mol. The highest BCUT2D eigenvalue weighted by Crippen LogP contribution is 2.51. The van der Waals surface area contributed by atoms with Crippen molar-refractivity contribution in [1.82, 2.24) is 0 Å². The Morgan fingerprint density at radius 2 is 0.729 bits per heavy atom. The van der Waals surface area contributed by atoms with Gasteiger partial charge in [-0.15, -0.1) is 0 Å². The molecule has 2 aromatic carbocycles. The summed E-state index contributed by atoms with van der Waals surface area (Å²) in [4.78, 5) is 0. The lowest BCUT2D eigenvalue weighted by molar-refractivity contribution is -0.460. The zero-order valence-electron chi connectivity index (χ0n) is 22.0. The number of nitrogen functional groups attached to an aromatic ring is 2. The Balaban J connectivity index is 2.52. The van der Waals surface area contributed by atoms with Gasteiger partial charge in [0.05, 0.1) is 0 Å². The maximum absolute atomic E-state index is 14.4. The first-order valence-corrected chi connectivity index (χ1v) is 11.4. The van der Waals surface area contributed by atoms with Gasteiger partial charge in [-0.1, -0.05) is 0 Å². The number of hydrogen-bond donors (Lipinski definition) is 2. The molecule has 0 radical (unpaired) electrons. The number of benzene rings is 2. The summed E-state index contributed by atoms with van der Waals surface area (Å²) in [5.74, 6) is -17.9. The minimum Gasteiger partial charge on any atom is -0.428 e. The van der Waals surface area contributed by atoms with Crippen LogP contribution in [0, 0.1) is 0 Å². The number of alkyl halides is 20. The second kappa shape index (κ2) is 12.6. The molecule has 6 nitrogen and oxygen atoms in total. The van der Waals surface area contributed by atoms with Crippen LogP contribution in [0.4, 0.5) is 99.2 Å². The summed E-state index contributed by atoms with van der Waals surface area (Å²) >= 11 is 0. The quantitative estimate of drug-likeness (QED) is 0.158. The molecule has 0 spiro atoms. The maximum Gasteiger partial charge on any atom is 0.462 e. The normalized spacial score (nSPS) is 15.7. The van der Waals surface area contributed by atoms with Crippen molar-refractivity contribution in [3.8, 4) is 22.6 Å². The van der Waals surface area contributed by atoms with Gasteiger partial charge in [-0.25, -0.2) is 8.78 Å². The van der Waals surface area contributed by atoms with Crippen molar-refractivity contribution in [2.24, 2.45) is 0 Å². The molecule has 0 aliphatic rings. The third-order valence-electron chi connectivity index (χ3n) is 5.27. The molecular formula is C22H12F20N2O4. The third-order valence-corrected chi connectivity index (χ3v) is 5.27. The van der Waals surface area contributed by atoms with Crippen molar-refractivity contribution in [3.63, 3.8) is 0 Å². The molecule has 0 aliphatic carbocycles. The van der Waals surface area contributed by atoms with Gasteiger partial charge >= 0.3 is 61.3 Å². The van der Waals surface area contributed by atoms with Crippen molar-refractivity contribution in [2.45, 2.75) is 61.3 Å².